The van der Waals surface area contributed by atoms with E-state index in [1.165, 1.54) is 26.2 Å². The first-order valence-electron chi connectivity index (χ1n) is 7.14. The van der Waals surface area contributed by atoms with Gasteiger partial charge in [0.2, 0.25) is 10.0 Å². The summed E-state index contributed by atoms with van der Waals surface area (Å²) in [6.45, 7) is 0. The molecule has 0 radical (unpaired) electrons. The van der Waals surface area contributed by atoms with Gasteiger partial charge in [0, 0.05) is 41.1 Å². The molecule has 5 nitrogen and oxygen atoms in total. The monoisotopic (exact) mass is 362 g/mol. The highest BCUT2D eigenvalue weighted by molar-refractivity contribution is 7.89. The van der Waals surface area contributed by atoms with Crippen LogP contribution in [0.25, 0.3) is 22.2 Å². The fourth-order valence-corrected chi connectivity index (χ4v) is 3.72. The fourth-order valence-electron chi connectivity index (χ4n) is 2.56. The molecule has 3 rings (SSSR count). The van der Waals surface area contributed by atoms with Crippen molar-refractivity contribution in [3.63, 3.8) is 0 Å². The number of rotatable bonds is 4. The summed E-state index contributed by atoms with van der Waals surface area (Å²) in [7, 11) is -0.650. The average Bonchev–Trinajstić information content (AvgIpc) is 2.92. The van der Waals surface area contributed by atoms with E-state index in [1.54, 1.807) is 24.3 Å². The highest BCUT2D eigenvalue weighted by Gasteiger charge is 2.20. The number of aromatic amines is 1. The third-order valence-corrected chi connectivity index (χ3v) is 5.99. The van der Waals surface area contributed by atoms with Gasteiger partial charge in [0.15, 0.2) is 6.29 Å². The Balaban J connectivity index is 2.29. The summed E-state index contributed by atoms with van der Waals surface area (Å²) in [5, 5.41) is 1.05. The number of benzene rings is 2. The predicted molar refractivity (Wildman–Crippen MR) is 95.0 cm³/mol. The van der Waals surface area contributed by atoms with Crippen molar-refractivity contribution in [2.24, 2.45) is 0 Å². The molecule has 0 aliphatic rings. The van der Waals surface area contributed by atoms with Gasteiger partial charge in [-0.2, -0.15) is 0 Å². The van der Waals surface area contributed by atoms with Crippen molar-refractivity contribution >= 4 is 38.8 Å². The van der Waals surface area contributed by atoms with Crippen LogP contribution < -0.4 is 0 Å². The molecule has 0 aliphatic heterocycles. The largest absolute Gasteiger partial charge is 0.354 e. The highest BCUT2D eigenvalue weighted by atomic mass is 35.5. The summed E-state index contributed by atoms with van der Waals surface area (Å²) < 4.78 is 25.8. The number of carbonyl (C=O) groups is 1. The number of halogens is 1. The quantitative estimate of drug-likeness (QED) is 0.721. The minimum Gasteiger partial charge on any atom is -0.354 e. The van der Waals surface area contributed by atoms with E-state index in [2.05, 4.69) is 4.98 Å². The number of carbonyl (C=O) groups excluding carboxylic acids is 1. The van der Waals surface area contributed by atoms with Gasteiger partial charge in [-0.1, -0.05) is 29.8 Å². The minimum absolute atomic E-state index is 0.132. The van der Waals surface area contributed by atoms with Crippen molar-refractivity contribution in [3.05, 3.63) is 53.1 Å². The third-order valence-electron chi connectivity index (χ3n) is 3.85. The van der Waals surface area contributed by atoms with Gasteiger partial charge in [-0.05, 0) is 24.3 Å². The van der Waals surface area contributed by atoms with Crippen LogP contribution in [0.4, 0.5) is 0 Å². The predicted octanol–water partition coefficient (Wildman–Crippen LogP) is 3.55. The van der Waals surface area contributed by atoms with Gasteiger partial charge in [0.25, 0.3) is 0 Å². The molecule has 0 bridgehead atoms. The van der Waals surface area contributed by atoms with Crippen LogP contribution in [0.1, 0.15) is 10.4 Å². The molecule has 0 unspecified atom stereocenters. The molecule has 24 heavy (non-hydrogen) atoms. The third kappa shape index (κ3) is 2.62. The van der Waals surface area contributed by atoms with Crippen molar-refractivity contribution in [2.45, 2.75) is 4.90 Å². The second-order valence-corrected chi connectivity index (χ2v) is 8.07. The first-order valence-corrected chi connectivity index (χ1v) is 8.96. The fraction of sp³-hybridized carbons (Fsp3) is 0.118. The zero-order valence-electron chi connectivity index (χ0n) is 13.1. The van der Waals surface area contributed by atoms with Crippen LogP contribution in [0.15, 0.2) is 47.4 Å². The standard InChI is InChI=1S/C17H15ClN2O3S/c1-20(2)24(22,23)11-7-8-16-13(9-11)14(10-21)17(19-16)12-5-3-4-6-15(12)18/h3-10,19H,1-2H3. The average molecular weight is 363 g/mol. The molecule has 0 spiro atoms. The number of fused-ring (bicyclic) bond motifs is 1. The topological polar surface area (TPSA) is 70.2 Å². The van der Waals surface area contributed by atoms with Crippen molar-refractivity contribution in [1.82, 2.24) is 9.29 Å². The zero-order chi connectivity index (χ0) is 17.5. The minimum atomic E-state index is -3.58. The number of aromatic nitrogens is 1. The SMILES string of the molecule is CN(C)S(=O)(=O)c1ccc2[nH]c(-c3ccccc3Cl)c(C=O)c2c1. The van der Waals surface area contributed by atoms with Crippen LogP contribution in [0.2, 0.25) is 5.02 Å². The second-order valence-electron chi connectivity index (χ2n) is 5.51. The van der Waals surface area contributed by atoms with Crippen LogP contribution >= 0.6 is 11.6 Å². The van der Waals surface area contributed by atoms with Gasteiger partial charge in [-0.25, -0.2) is 12.7 Å². The smallest absolute Gasteiger partial charge is 0.242 e. The van der Waals surface area contributed by atoms with Crippen molar-refractivity contribution in [1.29, 1.82) is 0 Å². The Labute approximate surface area is 144 Å². The lowest BCUT2D eigenvalue weighted by atomic mass is 10.1. The molecule has 124 valence electrons. The molecule has 0 amide bonds. The Morgan fingerprint density at radius 1 is 1.12 bits per heavy atom. The van der Waals surface area contributed by atoms with Crippen LogP contribution in [0, 0.1) is 0 Å². The van der Waals surface area contributed by atoms with Gasteiger partial charge < -0.3 is 4.98 Å². The summed E-state index contributed by atoms with van der Waals surface area (Å²) in [4.78, 5) is 14.9. The first-order chi connectivity index (χ1) is 11.4. The lowest BCUT2D eigenvalue weighted by Crippen LogP contribution is -2.22. The molecule has 7 heteroatoms. The lowest BCUT2D eigenvalue weighted by Gasteiger charge is -2.11. The first kappa shape index (κ1) is 16.7. The van der Waals surface area contributed by atoms with Crippen LogP contribution in [-0.2, 0) is 10.0 Å². The molecular formula is C17H15ClN2O3S. The van der Waals surface area contributed by atoms with Crippen molar-refractivity contribution in [3.8, 4) is 11.3 Å². The second kappa shape index (κ2) is 6.05. The molecule has 0 saturated heterocycles. The molecule has 0 fully saturated rings. The van der Waals surface area contributed by atoms with Gasteiger partial charge in [0.05, 0.1) is 10.6 Å². The summed E-state index contributed by atoms with van der Waals surface area (Å²) in [6, 6.07) is 11.8. The zero-order valence-corrected chi connectivity index (χ0v) is 14.6. The maximum absolute atomic E-state index is 12.3. The number of H-pyrrole nitrogens is 1. The molecule has 1 heterocycles. The van der Waals surface area contributed by atoms with Crippen LogP contribution in [0.3, 0.4) is 0 Å². The molecule has 0 saturated carbocycles. The maximum Gasteiger partial charge on any atom is 0.242 e. The van der Waals surface area contributed by atoms with E-state index in [1.807, 2.05) is 6.07 Å². The number of nitrogens with zero attached hydrogens (tertiary/aromatic N) is 1. The van der Waals surface area contributed by atoms with E-state index in [0.29, 0.717) is 39.0 Å². The van der Waals surface area contributed by atoms with Crippen molar-refractivity contribution < 1.29 is 13.2 Å². The Morgan fingerprint density at radius 3 is 2.46 bits per heavy atom. The molecule has 0 atom stereocenters. The van der Waals surface area contributed by atoms with Gasteiger partial charge in [-0.3, -0.25) is 4.79 Å². The number of sulfonamides is 1. The van der Waals surface area contributed by atoms with Gasteiger partial charge in [0.1, 0.15) is 0 Å². The Bertz CT molecular complexity index is 1040. The van der Waals surface area contributed by atoms with E-state index in [9.17, 15) is 13.2 Å². The summed E-state index contributed by atoms with van der Waals surface area (Å²) in [5.74, 6) is 0. The van der Waals surface area contributed by atoms with Crippen LogP contribution in [0.5, 0.6) is 0 Å². The Kier molecular flexibility index (Phi) is 4.21. The lowest BCUT2D eigenvalue weighted by molar-refractivity contribution is 0.112. The Hall–Kier alpha value is -2.15. The molecule has 3 aromatic rings. The number of hydrogen-bond acceptors (Lipinski definition) is 3. The number of hydrogen-bond donors (Lipinski definition) is 1. The van der Waals surface area contributed by atoms with E-state index >= 15 is 0 Å². The Morgan fingerprint density at radius 2 is 1.83 bits per heavy atom. The van der Waals surface area contributed by atoms with Gasteiger partial charge >= 0.3 is 0 Å². The van der Waals surface area contributed by atoms with E-state index in [-0.39, 0.29) is 4.90 Å². The molecular weight excluding hydrogens is 348 g/mol. The maximum atomic E-state index is 12.3. The van der Waals surface area contributed by atoms with E-state index < -0.39 is 10.0 Å². The molecule has 2 aromatic carbocycles. The van der Waals surface area contributed by atoms with Crippen LogP contribution in [-0.4, -0.2) is 38.1 Å². The number of aldehydes is 1. The molecule has 1 N–H and O–H groups in total. The normalized spacial score (nSPS) is 12.0. The van der Waals surface area contributed by atoms with E-state index in [4.69, 9.17) is 11.6 Å². The van der Waals surface area contributed by atoms with Gasteiger partial charge in [-0.15, -0.1) is 0 Å². The molecule has 1 aromatic heterocycles. The molecule has 0 aliphatic carbocycles. The summed E-state index contributed by atoms with van der Waals surface area (Å²) in [5.41, 5.74) is 2.32. The number of nitrogens with one attached hydrogen (secondary N) is 1. The summed E-state index contributed by atoms with van der Waals surface area (Å²) >= 11 is 6.22. The highest BCUT2D eigenvalue weighted by Crippen LogP contribution is 2.34. The van der Waals surface area contributed by atoms with E-state index in [0.717, 1.165) is 4.31 Å². The van der Waals surface area contributed by atoms with Crippen molar-refractivity contribution in [2.75, 3.05) is 14.1 Å². The summed E-state index contributed by atoms with van der Waals surface area (Å²) in [6.07, 6.45) is 0.712.